The second-order valence-corrected chi connectivity index (χ2v) is 5.14. The van der Waals surface area contributed by atoms with Gasteiger partial charge in [-0.25, -0.2) is 0 Å². The molecule has 1 aromatic carbocycles. The van der Waals surface area contributed by atoms with E-state index in [0.29, 0.717) is 13.1 Å². The molecule has 1 N–H and O–H groups in total. The number of hydrogen-bond acceptors (Lipinski definition) is 4. The fourth-order valence-electron chi connectivity index (χ4n) is 2.14. The zero-order valence-electron chi connectivity index (χ0n) is 11.2. The summed E-state index contributed by atoms with van der Waals surface area (Å²) in [6.07, 6.45) is 2.79. The van der Waals surface area contributed by atoms with Gasteiger partial charge >= 0.3 is 11.8 Å². The maximum Gasteiger partial charge on any atom is 0.313 e. The summed E-state index contributed by atoms with van der Waals surface area (Å²) in [5.74, 6) is -1.48. The Labute approximate surface area is 126 Å². The topological polar surface area (TPSA) is 92.5 Å². The molecule has 0 aromatic heterocycles. The first-order valence-corrected chi connectivity index (χ1v) is 6.91. The van der Waals surface area contributed by atoms with E-state index in [9.17, 15) is 19.7 Å². The van der Waals surface area contributed by atoms with Gasteiger partial charge in [-0.3, -0.25) is 19.7 Å². The van der Waals surface area contributed by atoms with Gasteiger partial charge in [0.15, 0.2) is 0 Å². The van der Waals surface area contributed by atoms with Crippen molar-refractivity contribution >= 4 is 34.8 Å². The Morgan fingerprint density at radius 1 is 1.24 bits per heavy atom. The maximum atomic E-state index is 12.0. The van der Waals surface area contributed by atoms with Crippen LogP contribution >= 0.6 is 11.6 Å². The minimum atomic E-state index is -0.834. The Hall–Kier alpha value is -2.15. The fourth-order valence-corrected chi connectivity index (χ4v) is 2.30. The lowest BCUT2D eigenvalue weighted by Gasteiger charge is -2.25. The number of non-ortho nitro benzene ring substituents is 1. The highest BCUT2D eigenvalue weighted by atomic mass is 35.5. The lowest BCUT2D eigenvalue weighted by molar-refractivity contribution is -0.384. The van der Waals surface area contributed by atoms with E-state index >= 15 is 0 Å². The molecule has 0 spiro atoms. The van der Waals surface area contributed by atoms with Crippen LogP contribution < -0.4 is 5.32 Å². The molecule has 0 saturated carbocycles. The Kier molecular flexibility index (Phi) is 4.74. The van der Waals surface area contributed by atoms with Crippen LogP contribution in [0, 0.1) is 10.1 Å². The molecule has 1 aliphatic rings. The van der Waals surface area contributed by atoms with E-state index in [0.717, 1.165) is 25.3 Å². The first kappa shape index (κ1) is 15.2. The van der Waals surface area contributed by atoms with Gasteiger partial charge in [-0.1, -0.05) is 11.6 Å². The van der Waals surface area contributed by atoms with E-state index in [1.807, 2.05) is 0 Å². The third kappa shape index (κ3) is 3.69. The Balaban J connectivity index is 2.09. The van der Waals surface area contributed by atoms with E-state index in [2.05, 4.69) is 5.32 Å². The summed E-state index contributed by atoms with van der Waals surface area (Å²) < 4.78 is 0. The van der Waals surface area contributed by atoms with Gasteiger partial charge in [0.25, 0.3) is 5.69 Å². The second-order valence-electron chi connectivity index (χ2n) is 4.73. The molecule has 1 heterocycles. The fraction of sp³-hybridized carbons (Fsp3) is 0.385. The van der Waals surface area contributed by atoms with E-state index in [-0.39, 0.29) is 16.4 Å². The zero-order valence-corrected chi connectivity index (χ0v) is 11.9. The molecule has 112 valence electrons. The van der Waals surface area contributed by atoms with Gasteiger partial charge in [-0.05, 0) is 25.3 Å². The number of carbonyl (C=O) groups is 2. The smallest absolute Gasteiger partial charge is 0.313 e. The summed E-state index contributed by atoms with van der Waals surface area (Å²) in [7, 11) is 0. The van der Waals surface area contributed by atoms with Crippen LogP contribution in [0.2, 0.25) is 5.02 Å². The van der Waals surface area contributed by atoms with Crippen LogP contribution in [-0.4, -0.2) is 34.7 Å². The van der Waals surface area contributed by atoms with Crippen molar-refractivity contribution in [1.29, 1.82) is 0 Å². The highest BCUT2D eigenvalue weighted by Crippen LogP contribution is 2.26. The summed E-state index contributed by atoms with van der Waals surface area (Å²) in [4.78, 5) is 35.5. The molecule has 0 radical (unpaired) electrons. The zero-order chi connectivity index (χ0) is 15.4. The average molecular weight is 312 g/mol. The molecular weight excluding hydrogens is 298 g/mol. The number of nitro groups is 1. The lowest BCUT2D eigenvalue weighted by atomic mass is 10.1. The van der Waals surface area contributed by atoms with Crippen molar-refractivity contribution in [2.24, 2.45) is 0 Å². The number of hydrogen-bond donors (Lipinski definition) is 1. The van der Waals surface area contributed by atoms with Crippen LogP contribution in [0.15, 0.2) is 18.2 Å². The number of rotatable bonds is 2. The third-order valence-electron chi connectivity index (χ3n) is 3.25. The minimum Gasteiger partial charge on any atom is -0.334 e. The highest BCUT2D eigenvalue weighted by molar-refractivity contribution is 6.41. The SMILES string of the molecule is O=C(Nc1cc([N+](=O)[O-])ccc1Cl)C(=O)N1CCCCC1. The minimum absolute atomic E-state index is 0.0567. The van der Waals surface area contributed by atoms with Crippen LogP contribution in [0.5, 0.6) is 0 Å². The largest absolute Gasteiger partial charge is 0.334 e. The number of anilines is 1. The van der Waals surface area contributed by atoms with E-state index in [4.69, 9.17) is 11.6 Å². The van der Waals surface area contributed by atoms with Crippen LogP contribution in [0.1, 0.15) is 19.3 Å². The number of nitrogens with zero attached hydrogens (tertiary/aromatic N) is 2. The normalized spacial score (nSPS) is 14.6. The summed E-state index contributed by atoms with van der Waals surface area (Å²) >= 11 is 5.87. The predicted molar refractivity (Wildman–Crippen MR) is 77.2 cm³/mol. The number of piperidine rings is 1. The molecule has 7 nitrogen and oxygen atoms in total. The molecule has 2 rings (SSSR count). The van der Waals surface area contributed by atoms with E-state index in [1.54, 1.807) is 0 Å². The van der Waals surface area contributed by atoms with Crippen molar-refractivity contribution in [3.63, 3.8) is 0 Å². The molecule has 0 aliphatic carbocycles. The van der Waals surface area contributed by atoms with Gasteiger partial charge in [0, 0.05) is 25.2 Å². The van der Waals surface area contributed by atoms with Gasteiger partial charge in [-0.2, -0.15) is 0 Å². The molecule has 1 aliphatic heterocycles. The number of nitro benzene ring substituents is 1. The molecule has 21 heavy (non-hydrogen) atoms. The first-order valence-electron chi connectivity index (χ1n) is 6.53. The molecule has 8 heteroatoms. The van der Waals surface area contributed by atoms with Crippen molar-refractivity contribution < 1.29 is 14.5 Å². The summed E-state index contributed by atoms with van der Waals surface area (Å²) in [5, 5.41) is 13.2. The molecule has 1 saturated heterocycles. The van der Waals surface area contributed by atoms with Crippen molar-refractivity contribution in [1.82, 2.24) is 4.90 Å². The number of amides is 2. The predicted octanol–water partition coefficient (Wildman–Crippen LogP) is 2.20. The van der Waals surface area contributed by atoms with Gasteiger partial charge in [0.1, 0.15) is 0 Å². The number of nitrogens with one attached hydrogen (secondary N) is 1. The lowest BCUT2D eigenvalue weighted by Crippen LogP contribution is -2.42. The number of halogens is 1. The Bertz CT molecular complexity index is 585. The molecule has 1 fully saturated rings. The van der Waals surface area contributed by atoms with E-state index in [1.165, 1.54) is 17.0 Å². The number of benzene rings is 1. The molecule has 2 amide bonds. The Morgan fingerprint density at radius 2 is 1.90 bits per heavy atom. The molecule has 1 aromatic rings. The second kappa shape index (κ2) is 6.53. The molecule has 0 bridgehead atoms. The standard InChI is InChI=1S/C13H14ClN3O4/c14-10-5-4-9(17(20)21)8-11(10)15-12(18)13(19)16-6-2-1-3-7-16/h4-5,8H,1-3,6-7H2,(H,15,18). The molecular formula is C13H14ClN3O4. The summed E-state index contributed by atoms with van der Waals surface area (Å²) in [5.41, 5.74) is -0.152. The van der Waals surface area contributed by atoms with Crippen molar-refractivity contribution in [2.45, 2.75) is 19.3 Å². The van der Waals surface area contributed by atoms with Crippen LogP contribution in [0.4, 0.5) is 11.4 Å². The third-order valence-corrected chi connectivity index (χ3v) is 3.58. The van der Waals surface area contributed by atoms with Gasteiger partial charge in [0.2, 0.25) is 0 Å². The summed E-state index contributed by atoms with van der Waals surface area (Å²) in [6, 6.07) is 3.66. The number of likely N-dealkylation sites (tertiary alicyclic amines) is 1. The quantitative estimate of drug-likeness (QED) is 0.515. The number of carbonyl (C=O) groups excluding carboxylic acids is 2. The molecule has 0 unspecified atom stereocenters. The van der Waals surface area contributed by atoms with E-state index < -0.39 is 16.7 Å². The summed E-state index contributed by atoms with van der Waals surface area (Å²) in [6.45, 7) is 1.10. The molecule has 0 atom stereocenters. The van der Waals surface area contributed by atoms with Gasteiger partial charge in [0.05, 0.1) is 15.6 Å². The van der Waals surface area contributed by atoms with Crippen molar-refractivity contribution in [2.75, 3.05) is 18.4 Å². The van der Waals surface area contributed by atoms with Crippen LogP contribution in [0.25, 0.3) is 0 Å². The maximum absolute atomic E-state index is 12.0. The average Bonchev–Trinajstić information content (AvgIpc) is 2.49. The van der Waals surface area contributed by atoms with Crippen molar-refractivity contribution in [3.05, 3.63) is 33.3 Å². The van der Waals surface area contributed by atoms with Gasteiger partial charge in [-0.15, -0.1) is 0 Å². The monoisotopic (exact) mass is 311 g/mol. The highest BCUT2D eigenvalue weighted by Gasteiger charge is 2.24. The van der Waals surface area contributed by atoms with Crippen LogP contribution in [-0.2, 0) is 9.59 Å². The van der Waals surface area contributed by atoms with Crippen molar-refractivity contribution in [3.8, 4) is 0 Å². The van der Waals surface area contributed by atoms with Crippen LogP contribution in [0.3, 0.4) is 0 Å². The van der Waals surface area contributed by atoms with Gasteiger partial charge < -0.3 is 10.2 Å². The first-order chi connectivity index (χ1) is 9.99. The Morgan fingerprint density at radius 3 is 2.52 bits per heavy atom.